The highest BCUT2D eigenvalue weighted by molar-refractivity contribution is 6.04. The van der Waals surface area contributed by atoms with E-state index in [9.17, 15) is 4.79 Å². The van der Waals surface area contributed by atoms with Crippen LogP contribution in [0, 0.1) is 6.92 Å². The van der Waals surface area contributed by atoms with Gasteiger partial charge in [-0.1, -0.05) is 0 Å². The third kappa shape index (κ3) is 3.90. The van der Waals surface area contributed by atoms with E-state index in [1.165, 1.54) is 0 Å². The molecule has 0 spiro atoms. The Balaban J connectivity index is 1.39. The number of aromatic nitrogens is 5. The van der Waals surface area contributed by atoms with Gasteiger partial charge in [-0.15, -0.1) is 0 Å². The first kappa shape index (κ1) is 20.1. The lowest BCUT2D eigenvalue weighted by atomic mass is 10.2. The summed E-state index contributed by atoms with van der Waals surface area (Å²) in [7, 11) is 1.96. The van der Waals surface area contributed by atoms with Crippen LogP contribution in [0.2, 0.25) is 0 Å². The molecule has 5 heterocycles. The summed E-state index contributed by atoms with van der Waals surface area (Å²) in [6.07, 6.45) is 5.17. The van der Waals surface area contributed by atoms with Gasteiger partial charge in [0.05, 0.1) is 36.3 Å². The van der Waals surface area contributed by atoms with Crippen molar-refractivity contribution in [2.75, 3.05) is 36.5 Å². The number of rotatable bonds is 4. The number of morpholine rings is 1. The van der Waals surface area contributed by atoms with Gasteiger partial charge in [0.25, 0.3) is 5.91 Å². The Kier molecular flexibility index (Phi) is 5.24. The van der Waals surface area contributed by atoms with E-state index in [0.29, 0.717) is 24.6 Å². The normalized spacial score (nSPS) is 14.0. The van der Waals surface area contributed by atoms with E-state index in [-0.39, 0.29) is 5.91 Å². The fourth-order valence-electron chi connectivity index (χ4n) is 3.68. The van der Waals surface area contributed by atoms with Crippen LogP contribution in [0.25, 0.3) is 22.3 Å². The zero-order chi connectivity index (χ0) is 22.1. The molecule has 4 aromatic heterocycles. The molecule has 9 heteroatoms. The van der Waals surface area contributed by atoms with Gasteiger partial charge in [0.15, 0.2) is 0 Å². The molecule has 162 valence electrons. The van der Waals surface area contributed by atoms with Crippen molar-refractivity contribution >= 4 is 28.4 Å². The molecule has 0 radical (unpaired) electrons. The highest BCUT2D eigenvalue weighted by atomic mass is 16.5. The van der Waals surface area contributed by atoms with Crippen molar-refractivity contribution in [1.82, 2.24) is 24.5 Å². The van der Waals surface area contributed by atoms with Gasteiger partial charge < -0.3 is 19.5 Å². The molecule has 32 heavy (non-hydrogen) atoms. The van der Waals surface area contributed by atoms with Crippen molar-refractivity contribution in [3.63, 3.8) is 0 Å². The average Bonchev–Trinajstić information content (AvgIpc) is 3.17. The van der Waals surface area contributed by atoms with E-state index in [1.54, 1.807) is 30.6 Å². The Morgan fingerprint density at radius 1 is 1.06 bits per heavy atom. The molecule has 1 aliphatic heterocycles. The van der Waals surface area contributed by atoms with E-state index in [1.807, 2.05) is 36.9 Å². The van der Waals surface area contributed by atoms with Gasteiger partial charge in [0.1, 0.15) is 17.5 Å². The lowest BCUT2D eigenvalue weighted by Gasteiger charge is -2.27. The van der Waals surface area contributed by atoms with Crippen LogP contribution < -0.4 is 10.2 Å². The smallest absolute Gasteiger partial charge is 0.257 e. The monoisotopic (exact) mass is 429 g/mol. The number of carbonyl (C=O) groups is 1. The molecule has 4 aromatic rings. The Morgan fingerprint density at radius 2 is 1.91 bits per heavy atom. The SMILES string of the molecule is Cc1ncc(-c2ccc3cnc(NC(=O)c4ccnc(N5CCOCC5)c4)cc3n2)n1C. The van der Waals surface area contributed by atoms with Crippen molar-refractivity contribution in [2.24, 2.45) is 7.05 Å². The van der Waals surface area contributed by atoms with Gasteiger partial charge in [-0.2, -0.15) is 0 Å². The van der Waals surface area contributed by atoms with Crippen LogP contribution in [0.4, 0.5) is 11.6 Å². The summed E-state index contributed by atoms with van der Waals surface area (Å²) in [4.78, 5) is 32.9. The third-order valence-corrected chi connectivity index (χ3v) is 5.64. The minimum atomic E-state index is -0.243. The molecule has 1 N–H and O–H groups in total. The molecule has 1 amide bonds. The summed E-state index contributed by atoms with van der Waals surface area (Å²) >= 11 is 0. The van der Waals surface area contributed by atoms with Crippen molar-refractivity contribution in [3.05, 3.63) is 60.3 Å². The molecule has 0 aliphatic carbocycles. The minimum Gasteiger partial charge on any atom is -0.378 e. The first-order chi connectivity index (χ1) is 15.6. The van der Waals surface area contributed by atoms with Crippen LogP contribution in [0.15, 0.2) is 48.9 Å². The average molecular weight is 429 g/mol. The number of nitrogens with zero attached hydrogens (tertiary/aromatic N) is 6. The molecule has 1 saturated heterocycles. The van der Waals surface area contributed by atoms with Gasteiger partial charge in [-0.05, 0) is 31.2 Å². The summed E-state index contributed by atoms with van der Waals surface area (Å²) in [6.45, 7) is 4.79. The predicted octanol–water partition coefficient (Wildman–Crippen LogP) is 2.82. The summed E-state index contributed by atoms with van der Waals surface area (Å²) in [5.41, 5.74) is 3.01. The van der Waals surface area contributed by atoms with E-state index in [4.69, 9.17) is 9.72 Å². The number of hydrogen-bond acceptors (Lipinski definition) is 7. The highest BCUT2D eigenvalue weighted by Crippen LogP contribution is 2.23. The second-order valence-electron chi connectivity index (χ2n) is 7.66. The zero-order valence-electron chi connectivity index (χ0n) is 17.9. The Hall–Kier alpha value is -3.85. The van der Waals surface area contributed by atoms with Crippen molar-refractivity contribution in [1.29, 1.82) is 0 Å². The van der Waals surface area contributed by atoms with Gasteiger partial charge in [0.2, 0.25) is 0 Å². The van der Waals surface area contributed by atoms with E-state index in [2.05, 4.69) is 25.2 Å². The molecule has 0 unspecified atom stereocenters. The first-order valence-corrected chi connectivity index (χ1v) is 10.4. The Labute approximate surface area is 185 Å². The topological polar surface area (TPSA) is 98.1 Å². The second-order valence-corrected chi connectivity index (χ2v) is 7.66. The maximum Gasteiger partial charge on any atom is 0.257 e. The molecule has 0 aromatic carbocycles. The molecule has 0 atom stereocenters. The fraction of sp³-hybridized carbons (Fsp3) is 0.261. The number of aryl methyl sites for hydroxylation is 1. The van der Waals surface area contributed by atoms with Gasteiger partial charge in [-0.25, -0.2) is 19.9 Å². The lowest BCUT2D eigenvalue weighted by molar-refractivity contribution is 0.102. The number of imidazole rings is 1. The molecule has 9 nitrogen and oxygen atoms in total. The second kappa shape index (κ2) is 8.35. The maximum absolute atomic E-state index is 12.9. The molecular formula is C23H23N7O2. The van der Waals surface area contributed by atoms with Crippen LogP contribution in [-0.2, 0) is 11.8 Å². The number of nitrogens with one attached hydrogen (secondary N) is 1. The van der Waals surface area contributed by atoms with Gasteiger partial charge in [-0.3, -0.25) is 4.79 Å². The van der Waals surface area contributed by atoms with Crippen LogP contribution in [0.3, 0.4) is 0 Å². The molecule has 0 saturated carbocycles. The molecule has 1 aliphatic rings. The molecule has 1 fully saturated rings. The van der Waals surface area contributed by atoms with Crippen molar-refractivity contribution in [2.45, 2.75) is 6.92 Å². The summed E-state index contributed by atoms with van der Waals surface area (Å²) in [5.74, 6) is 1.88. The summed E-state index contributed by atoms with van der Waals surface area (Å²) in [5, 5.41) is 3.77. The van der Waals surface area contributed by atoms with Gasteiger partial charge >= 0.3 is 0 Å². The fourth-order valence-corrected chi connectivity index (χ4v) is 3.68. The molecule has 0 bridgehead atoms. The first-order valence-electron chi connectivity index (χ1n) is 10.4. The van der Waals surface area contributed by atoms with E-state index >= 15 is 0 Å². The molecular weight excluding hydrogens is 406 g/mol. The summed E-state index contributed by atoms with van der Waals surface area (Å²) < 4.78 is 7.38. The number of ether oxygens (including phenoxy) is 1. The highest BCUT2D eigenvalue weighted by Gasteiger charge is 2.15. The number of anilines is 2. The number of amides is 1. The standard InChI is InChI=1S/C23H23N7O2/c1-15-25-14-20(29(15)2)18-4-3-17-13-26-21(12-19(17)27-18)28-23(31)16-5-6-24-22(11-16)30-7-9-32-10-8-30/h3-6,11-14H,7-10H2,1-2H3,(H,26,28,31). The Morgan fingerprint density at radius 3 is 2.69 bits per heavy atom. The maximum atomic E-state index is 12.9. The van der Waals surface area contributed by atoms with Crippen LogP contribution in [0.1, 0.15) is 16.2 Å². The Bertz CT molecular complexity index is 1290. The van der Waals surface area contributed by atoms with Crippen molar-refractivity contribution in [3.8, 4) is 11.4 Å². The third-order valence-electron chi connectivity index (χ3n) is 5.64. The number of hydrogen-bond donors (Lipinski definition) is 1. The van der Waals surface area contributed by atoms with E-state index < -0.39 is 0 Å². The van der Waals surface area contributed by atoms with Crippen LogP contribution in [0.5, 0.6) is 0 Å². The largest absolute Gasteiger partial charge is 0.378 e. The molecule has 5 rings (SSSR count). The number of pyridine rings is 3. The zero-order valence-corrected chi connectivity index (χ0v) is 17.9. The van der Waals surface area contributed by atoms with Crippen LogP contribution in [-0.4, -0.2) is 56.7 Å². The van der Waals surface area contributed by atoms with E-state index in [0.717, 1.165) is 47.0 Å². The lowest BCUT2D eigenvalue weighted by Crippen LogP contribution is -2.36. The summed E-state index contributed by atoms with van der Waals surface area (Å²) in [6, 6.07) is 9.19. The van der Waals surface area contributed by atoms with Gasteiger partial charge in [0, 0.05) is 49.5 Å². The van der Waals surface area contributed by atoms with Crippen molar-refractivity contribution < 1.29 is 9.53 Å². The van der Waals surface area contributed by atoms with Crippen LogP contribution >= 0.6 is 0 Å². The minimum absolute atomic E-state index is 0.243. The predicted molar refractivity (Wildman–Crippen MR) is 122 cm³/mol. The number of carbonyl (C=O) groups excluding carboxylic acids is 1. The quantitative estimate of drug-likeness (QED) is 0.533. The number of fused-ring (bicyclic) bond motifs is 1.